The van der Waals surface area contributed by atoms with Gasteiger partial charge in [0.05, 0.1) is 30.0 Å². The van der Waals surface area contributed by atoms with Crippen LogP contribution in [0.25, 0.3) is 11.6 Å². The number of aliphatic hydroxyl groups is 1. The van der Waals surface area contributed by atoms with Gasteiger partial charge in [-0.15, -0.1) is 0 Å². The van der Waals surface area contributed by atoms with Crippen LogP contribution in [0, 0.1) is 0 Å². The molecule has 1 saturated heterocycles. The Morgan fingerprint density at radius 3 is 2.67 bits per heavy atom. The number of fused-ring (bicyclic) bond motifs is 2. The molecule has 1 aliphatic heterocycles. The van der Waals surface area contributed by atoms with Crippen molar-refractivity contribution in [2.24, 2.45) is 7.05 Å². The molecule has 2 aliphatic carbocycles. The molecule has 1 N–H and O–H groups in total. The molecule has 3 aromatic rings. The Kier molecular flexibility index (Phi) is 7.42. The van der Waals surface area contributed by atoms with Crippen LogP contribution in [-0.2, 0) is 11.8 Å². The highest BCUT2D eigenvalue weighted by Crippen LogP contribution is 2.44. The van der Waals surface area contributed by atoms with Crippen molar-refractivity contribution in [2.75, 3.05) is 26.2 Å². The van der Waals surface area contributed by atoms with E-state index in [2.05, 4.69) is 9.88 Å². The van der Waals surface area contributed by atoms with E-state index in [1.165, 1.54) is 6.42 Å². The molecule has 0 radical (unpaired) electrons. The van der Waals surface area contributed by atoms with Crippen molar-refractivity contribution in [2.45, 2.75) is 50.4 Å². The minimum atomic E-state index is -0.895. The molecule has 3 heterocycles. The number of pyridine rings is 1. The second-order valence-corrected chi connectivity index (χ2v) is 11.1. The first-order valence-electron chi connectivity index (χ1n) is 13.8. The minimum Gasteiger partial charge on any atom is -0.446 e. The maximum absolute atomic E-state index is 12.9. The van der Waals surface area contributed by atoms with Gasteiger partial charge in [-0.2, -0.15) is 0 Å². The summed E-state index contributed by atoms with van der Waals surface area (Å²) >= 11 is 6.52. The van der Waals surface area contributed by atoms with Crippen LogP contribution in [0.4, 0.5) is 4.79 Å². The molecule has 2 aromatic heterocycles. The number of hydrogen-bond acceptors (Lipinski definition) is 6. The van der Waals surface area contributed by atoms with Gasteiger partial charge in [0.1, 0.15) is 12.2 Å². The van der Waals surface area contributed by atoms with Crippen LogP contribution in [0.1, 0.15) is 72.3 Å². The highest BCUT2D eigenvalue weighted by molar-refractivity contribution is 6.30. The summed E-state index contributed by atoms with van der Waals surface area (Å²) < 4.78 is 7.67. The number of halogens is 1. The number of rotatable bonds is 4. The lowest BCUT2D eigenvalue weighted by Gasteiger charge is -2.40. The number of aliphatic hydroxyl groups excluding tert-OH is 1. The Bertz CT molecular complexity index is 1370. The van der Waals surface area contributed by atoms with Crippen molar-refractivity contribution in [1.29, 1.82) is 0 Å². The Balaban J connectivity index is 1.31. The zero-order valence-corrected chi connectivity index (χ0v) is 22.9. The summed E-state index contributed by atoms with van der Waals surface area (Å²) in [4.78, 5) is 26.2. The minimum absolute atomic E-state index is 0.0502. The lowest BCUT2D eigenvalue weighted by molar-refractivity contribution is 0.0292. The Labute approximate surface area is 233 Å². The monoisotopic (exact) mass is 547 g/mol. The number of aryl methyl sites for hydroxylation is 1. The Hall–Kier alpha value is -3.20. The smallest absolute Gasteiger partial charge is 0.410 e. The molecule has 0 unspecified atom stereocenters. The van der Waals surface area contributed by atoms with E-state index in [4.69, 9.17) is 21.3 Å². The average molecular weight is 548 g/mol. The van der Waals surface area contributed by atoms with Gasteiger partial charge in [0.25, 0.3) is 0 Å². The number of piperazine rings is 1. The Morgan fingerprint density at radius 1 is 1.13 bits per heavy atom. The van der Waals surface area contributed by atoms with E-state index >= 15 is 0 Å². The number of benzene rings is 1. The molecule has 2 atom stereocenters. The summed E-state index contributed by atoms with van der Waals surface area (Å²) in [5, 5.41) is 12.2. The molecule has 1 saturated carbocycles. The second kappa shape index (κ2) is 11.1. The van der Waals surface area contributed by atoms with Gasteiger partial charge in [-0.3, -0.25) is 9.88 Å². The highest BCUT2D eigenvalue weighted by Gasteiger charge is 2.35. The van der Waals surface area contributed by atoms with Crippen molar-refractivity contribution < 1.29 is 14.6 Å². The fourth-order valence-electron chi connectivity index (χ4n) is 6.14. The van der Waals surface area contributed by atoms with Crippen LogP contribution in [0.15, 0.2) is 49.1 Å². The summed E-state index contributed by atoms with van der Waals surface area (Å²) in [6.45, 7) is 2.54. The molecule has 0 spiro atoms. The van der Waals surface area contributed by atoms with Gasteiger partial charge in [-0.05, 0) is 72.2 Å². The molecule has 1 aromatic carbocycles. The number of ether oxygens (including phenoxy) is 1. The molecule has 0 bridgehead atoms. The molecule has 8 nitrogen and oxygen atoms in total. The van der Waals surface area contributed by atoms with E-state index in [-0.39, 0.29) is 18.2 Å². The van der Waals surface area contributed by atoms with Gasteiger partial charge in [-0.1, -0.05) is 30.2 Å². The number of carbonyl (C=O) groups is 1. The van der Waals surface area contributed by atoms with E-state index in [0.717, 1.165) is 53.6 Å². The lowest BCUT2D eigenvalue weighted by Crippen LogP contribution is -2.50. The number of aromatic nitrogens is 3. The van der Waals surface area contributed by atoms with Crippen molar-refractivity contribution in [3.05, 3.63) is 82.2 Å². The van der Waals surface area contributed by atoms with Gasteiger partial charge in [0.15, 0.2) is 0 Å². The van der Waals surface area contributed by atoms with Crippen LogP contribution >= 0.6 is 11.6 Å². The van der Waals surface area contributed by atoms with Crippen LogP contribution in [-0.4, -0.2) is 67.8 Å². The largest absolute Gasteiger partial charge is 0.446 e. The molecule has 1 amide bonds. The van der Waals surface area contributed by atoms with E-state index in [0.29, 0.717) is 36.9 Å². The van der Waals surface area contributed by atoms with E-state index in [1.54, 1.807) is 12.5 Å². The van der Waals surface area contributed by atoms with Crippen LogP contribution in [0.5, 0.6) is 0 Å². The lowest BCUT2D eigenvalue weighted by atomic mass is 9.91. The van der Waals surface area contributed by atoms with Gasteiger partial charge in [0.2, 0.25) is 0 Å². The normalized spacial score (nSPS) is 20.9. The third kappa shape index (κ3) is 5.21. The number of hydrogen-bond donors (Lipinski definition) is 1. The molecular weight excluding hydrogens is 514 g/mol. The fourth-order valence-corrected chi connectivity index (χ4v) is 6.31. The van der Waals surface area contributed by atoms with Crippen LogP contribution in [0.3, 0.4) is 0 Å². The van der Waals surface area contributed by atoms with Crippen molar-refractivity contribution >= 4 is 29.3 Å². The highest BCUT2D eigenvalue weighted by atomic mass is 35.5. The topological polar surface area (TPSA) is 83.7 Å². The standard InChI is InChI=1S/C30H34ClN5O3/c1-34-19-32-18-26(34)29(37)25-16-20-6-5-11-33-27(20)28(23-10-9-21(31)17-24(23)25)35-12-14-36(15-13-35)30(38)39-22-7-3-2-4-8-22/h5-6,9-11,16-19,22,28-29,37H,2-4,7-8,12-15H2,1H3/t28-,29+/m0/s1. The molecule has 3 aliphatic rings. The first-order valence-corrected chi connectivity index (χ1v) is 14.2. The number of amides is 1. The second-order valence-electron chi connectivity index (χ2n) is 10.7. The number of nitrogens with zero attached hydrogens (tertiary/aromatic N) is 5. The van der Waals surface area contributed by atoms with Crippen LogP contribution < -0.4 is 0 Å². The summed E-state index contributed by atoms with van der Waals surface area (Å²) in [6.07, 6.45) is 11.6. The van der Waals surface area contributed by atoms with Gasteiger partial charge in [-0.25, -0.2) is 9.78 Å². The maximum Gasteiger partial charge on any atom is 0.410 e. The van der Waals surface area contributed by atoms with Crippen molar-refractivity contribution in [3.8, 4) is 0 Å². The first-order chi connectivity index (χ1) is 19.0. The third-order valence-electron chi connectivity index (χ3n) is 8.25. The van der Waals surface area contributed by atoms with E-state index in [9.17, 15) is 9.90 Å². The molecule has 9 heteroatoms. The maximum atomic E-state index is 12.9. The molecular formula is C30H34ClN5O3. The predicted octanol–water partition coefficient (Wildman–Crippen LogP) is 5.23. The van der Waals surface area contributed by atoms with E-state index < -0.39 is 6.10 Å². The molecule has 2 fully saturated rings. The van der Waals surface area contributed by atoms with Crippen molar-refractivity contribution in [3.63, 3.8) is 0 Å². The Morgan fingerprint density at radius 2 is 1.92 bits per heavy atom. The van der Waals surface area contributed by atoms with Crippen molar-refractivity contribution in [1.82, 2.24) is 24.3 Å². The molecule has 39 heavy (non-hydrogen) atoms. The predicted molar refractivity (Wildman–Crippen MR) is 150 cm³/mol. The number of carbonyl (C=O) groups excluding carboxylic acids is 1. The quantitative estimate of drug-likeness (QED) is 0.481. The zero-order chi connectivity index (χ0) is 26.9. The summed E-state index contributed by atoms with van der Waals surface area (Å²) in [7, 11) is 1.87. The van der Waals surface area contributed by atoms with Gasteiger partial charge < -0.3 is 19.3 Å². The SMILES string of the molecule is Cn1cncc1[C@H](O)C1=Cc2cccnc2[C@@H](N2CCN(C(=O)OC3CCCCC3)CC2)c2ccc(Cl)cc21. The molecule has 6 rings (SSSR count). The first kappa shape index (κ1) is 26.0. The molecule has 204 valence electrons. The van der Waals surface area contributed by atoms with Crippen LogP contribution in [0.2, 0.25) is 5.02 Å². The van der Waals surface area contributed by atoms with E-state index in [1.807, 2.05) is 59.1 Å². The summed E-state index contributed by atoms with van der Waals surface area (Å²) in [5.74, 6) is 0. The van der Waals surface area contributed by atoms with Gasteiger partial charge >= 0.3 is 6.09 Å². The third-order valence-corrected chi connectivity index (χ3v) is 8.48. The number of imidazole rings is 1. The zero-order valence-electron chi connectivity index (χ0n) is 22.2. The summed E-state index contributed by atoms with van der Waals surface area (Å²) in [5.41, 5.74) is 5.24. The van der Waals surface area contributed by atoms with Gasteiger partial charge in [0, 0.05) is 44.4 Å². The average Bonchev–Trinajstić information content (AvgIpc) is 3.33. The summed E-state index contributed by atoms with van der Waals surface area (Å²) in [6, 6.07) is 9.67. The fraction of sp³-hybridized carbons (Fsp3) is 0.433.